The highest BCUT2D eigenvalue weighted by atomic mass is 19.3. The lowest BCUT2D eigenvalue weighted by Gasteiger charge is -2.34. The number of hydrogen-bond acceptors (Lipinski definition) is 0. The Hall–Kier alpha value is -2.88. The molecule has 0 heterocycles. The van der Waals surface area contributed by atoms with Crippen molar-refractivity contribution in [3.8, 4) is 0 Å². The predicted octanol–water partition coefficient (Wildman–Crippen LogP) is 6.59. The molecule has 5 rings (SSSR count). The van der Waals surface area contributed by atoms with Gasteiger partial charge in [-0.15, -0.1) is 0 Å². The highest BCUT2D eigenvalue weighted by Crippen LogP contribution is 2.54. The van der Waals surface area contributed by atoms with Crippen molar-refractivity contribution in [3.63, 3.8) is 0 Å². The minimum absolute atomic E-state index is 0.519. The molecular formula is C22H12F4. The first kappa shape index (κ1) is 15.4. The number of benzene rings is 4. The molecule has 0 nitrogen and oxygen atoms in total. The second kappa shape index (κ2) is 4.85. The average molecular weight is 352 g/mol. The van der Waals surface area contributed by atoms with Crippen LogP contribution in [0.4, 0.5) is 17.6 Å². The van der Waals surface area contributed by atoms with Gasteiger partial charge < -0.3 is 0 Å². The smallest absolute Gasteiger partial charge is 0.196 e. The van der Waals surface area contributed by atoms with Gasteiger partial charge in [-0.25, -0.2) is 0 Å². The van der Waals surface area contributed by atoms with Gasteiger partial charge in [0.15, 0.2) is 0 Å². The molecule has 0 unspecified atom stereocenters. The lowest BCUT2D eigenvalue weighted by atomic mass is 9.78. The van der Waals surface area contributed by atoms with Crippen molar-refractivity contribution in [2.75, 3.05) is 0 Å². The minimum atomic E-state index is -3.49. The number of fused-ring (bicyclic) bond motifs is 4. The molecule has 0 bridgehead atoms. The van der Waals surface area contributed by atoms with Crippen LogP contribution in [0.2, 0.25) is 0 Å². The van der Waals surface area contributed by atoms with E-state index in [1.165, 1.54) is 24.3 Å². The fourth-order valence-corrected chi connectivity index (χ4v) is 3.81. The van der Waals surface area contributed by atoms with Crippen molar-refractivity contribution in [2.24, 2.45) is 0 Å². The van der Waals surface area contributed by atoms with Gasteiger partial charge in [-0.2, -0.15) is 17.6 Å². The third-order valence-electron chi connectivity index (χ3n) is 5.12. The second-order valence-corrected chi connectivity index (χ2v) is 6.64. The molecule has 0 fully saturated rings. The Balaban J connectivity index is 1.91. The molecule has 0 aromatic heterocycles. The molecule has 0 aliphatic heterocycles. The molecule has 0 saturated heterocycles. The van der Waals surface area contributed by atoms with Crippen LogP contribution in [-0.2, 0) is 11.8 Å². The van der Waals surface area contributed by atoms with E-state index < -0.39 is 34.1 Å². The number of halogens is 4. The third kappa shape index (κ3) is 1.90. The standard InChI is InChI=1S/C22H12F4/c23-21(24)17-9-13-5-1-2-6-14(13)10-18(17)22(25,26)20-12-16-8-4-3-7-15(16)11-19(20)21/h1-12H. The number of rotatable bonds is 0. The molecule has 1 aliphatic rings. The van der Waals surface area contributed by atoms with Gasteiger partial charge in [-0.05, 0) is 45.8 Å². The minimum Gasteiger partial charge on any atom is -0.196 e. The molecular weight excluding hydrogens is 340 g/mol. The number of hydrogen-bond donors (Lipinski definition) is 0. The molecule has 0 spiro atoms. The summed E-state index contributed by atoms with van der Waals surface area (Å²) >= 11 is 0. The van der Waals surface area contributed by atoms with Gasteiger partial charge in [0, 0.05) is 22.3 Å². The van der Waals surface area contributed by atoms with Gasteiger partial charge in [-0.1, -0.05) is 48.5 Å². The van der Waals surface area contributed by atoms with E-state index in [-0.39, 0.29) is 0 Å². The van der Waals surface area contributed by atoms with E-state index in [2.05, 4.69) is 0 Å². The van der Waals surface area contributed by atoms with E-state index in [1.807, 2.05) is 0 Å². The SMILES string of the molecule is FC1(F)c2cc3ccccc3cc2C(F)(F)c2cc3ccccc3cc21. The van der Waals surface area contributed by atoms with Gasteiger partial charge >= 0.3 is 0 Å². The Morgan fingerprint density at radius 1 is 0.423 bits per heavy atom. The summed E-state index contributed by atoms with van der Waals surface area (Å²) < 4.78 is 61.0. The van der Waals surface area contributed by atoms with Gasteiger partial charge in [-0.3, -0.25) is 0 Å². The molecule has 0 N–H and O–H groups in total. The first-order valence-electron chi connectivity index (χ1n) is 8.22. The Labute approximate surface area is 146 Å². The zero-order valence-electron chi connectivity index (χ0n) is 13.4. The van der Waals surface area contributed by atoms with Crippen LogP contribution in [-0.4, -0.2) is 0 Å². The Bertz CT molecular complexity index is 1010. The van der Waals surface area contributed by atoms with Crippen molar-refractivity contribution >= 4 is 21.5 Å². The second-order valence-electron chi connectivity index (χ2n) is 6.64. The third-order valence-corrected chi connectivity index (χ3v) is 5.12. The lowest BCUT2D eigenvalue weighted by molar-refractivity contribution is -0.0110. The van der Waals surface area contributed by atoms with Crippen LogP contribution in [0, 0.1) is 0 Å². The molecule has 26 heavy (non-hydrogen) atoms. The van der Waals surface area contributed by atoms with E-state index in [0.29, 0.717) is 21.5 Å². The molecule has 4 aromatic carbocycles. The molecule has 0 amide bonds. The maximum Gasteiger partial charge on any atom is 0.299 e. The van der Waals surface area contributed by atoms with Gasteiger partial charge in [0.1, 0.15) is 0 Å². The molecule has 128 valence electrons. The summed E-state index contributed by atoms with van der Waals surface area (Å²) in [4.78, 5) is 0. The summed E-state index contributed by atoms with van der Waals surface area (Å²) in [5.74, 6) is -6.97. The van der Waals surface area contributed by atoms with Crippen molar-refractivity contribution < 1.29 is 17.6 Å². The van der Waals surface area contributed by atoms with Crippen LogP contribution in [0.1, 0.15) is 22.3 Å². The van der Waals surface area contributed by atoms with Crippen LogP contribution in [0.3, 0.4) is 0 Å². The summed E-state index contributed by atoms with van der Waals surface area (Å²) in [5.41, 5.74) is -2.49. The zero-order chi connectivity index (χ0) is 18.1. The normalized spacial score (nSPS) is 17.1. The van der Waals surface area contributed by atoms with E-state index in [0.717, 1.165) is 0 Å². The predicted molar refractivity (Wildman–Crippen MR) is 93.9 cm³/mol. The number of alkyl halides is 4. The Kier molecular flexibility index (Phi) is 2.87. The van der Waals surface area contributed by atoms with Crippen LogP contribution in [0.15, 0.2) is 72.8 Å². The van der Waals surface area contributed by atoms with E-state index >= 15 is 17.6 Å². The summed E-state index contributed by atoms with van der Waals surface area (Å²) in [6.45, 7) is 0. The highest BCUT2D eigenvalue weighted by Gasteiger charge is 2.53. The van der Waals surface area contributed by atoms with E-state index in [9.17, 15) is 0 Å². The average Bonchev–Trinajstić information content (AvgIpc) is 2.65. The van der Waals surface area contributed by atoms with E-state index in [1.54, 1.807) is 48.5 Å². The van der Waals surface area contributed by atoms with Crippen LogP contribution >= 0.6 is 0 Å². The lowest BCUT2D eigenvalue weighted by Crippen LogP contribution is -2.33. The van der Waals surface area contributed by atoms with Crippen molar-refractivity contribution in [2.45, 2.75) is 11.8 Å². The first-order chi connectivity index (χ1) is 12.4. The Morgan fingerprint density at radius 3 is 0.885 bits per heavy atom. The molecule has 0 saturated carbocycles. The maximum atomic E-state index is 15.3. The largest absolute Gasteiger partial charge is 0.299 e. The van der Waals surface area contributed by atoms with Crippen molar-refractivity contribution in [1.82, 2.24) is 0 Å². The molecule has 1 aliphatic carbocycles. The quantitative estimate of drug-likeness (QED) is 0.313. The van der Waals surface area contributed by atoms with Crippen LogP contribution in [0.5, 0.6) is 0 Å². The first-order valence-corrected chi connectivity index (χ1v) is 8.22. The molecule has 4 heteroatoms. The maximum absolute atomic E-state index is 15.3. The fraction of sp³-hybridized carbons (Fsp3) is 0.0909. The Morgan fingerprint density at radius 2 is 0.654 bits per heavy atom. The zero-order valence-corrected chi connectivity index (χ0v) is 13.4. The van der Waals surface area contributed by atoms with Gasteiger partial charge in [0.25, 0.3) is 11.8 Å². The van der Waals surface area contributed by atoms with Crippen LogP contribution in [0.25, 0.3) is 21.5 Å². The van der Waals surface area contributed by atoms with E-state index in [4.69, 9.17) is 0 Å². The van der Waals surface area contributed by atoms with Crippen molar-refractivity contribution in [3.05, 3.63) is 95.1 Å². The van der Waals surface area contributed by atoms with Crippen LogP contribution < -0.4 is 0 Å². The summed E-state index contributed by atoms with van der Waals surface area (Å²) in [6, 6.07) is 18.2. The fourth-order valence-electron chi connectivity index (χ4n) is 3.81. The molecule has 4 aromatic rings. The molecule has 0 atom stereocenters. The van der Waals surface area contributed by atoms with Gasteiger partial charge in [0.2, 0.25) is 0 Å². The highest BCUT2D eigenvalue weighted by molar-refractivity contribution is 5.88. The molecule has 0 radical (unpaired) electrons. The summed E-state index contributed by atoms with van der Waals surface area (Å²) in [7, 11) is 0. The van der Waals surface area contributed by atoms with Crippen molar-refractivity contribution in [1.29, 1.82) is 0 Å². The topological polar surface area (TPSA) is 0 Å². The summed E-state index contributed by atoms with van der Waals surface area (Å²) in [5, 5.41) is 2.08. The van der Waals surface area contributed by atoms with Gasteiger partial charge in [0.05, 0.1) is 0 Å². The monoisotopic (exact) mass is 352 g/mol. The summed E-state index contributed by atoms with van der Waals surface area (Å²) in [6.07, 6.45) is 0.